The van der Waals surface area contributed by atoms with Gasteiger partial charge in [0.2, 0.25) is 0 Å². The lowest BCUT2D eigenvalue weighted by atomic mass is 10.1. The van der Waals surface area contributed by atoms with E-state index in [1.165, 1.54) is 12.1 Å². The van der Waals surface area contributed by atoms with Crippen LogP contribution in [0.25, 0.3) is 0 Å². The number of carboxylic acid groups (broad SMARTS) is 2. The van der Waals surface area contributed by atoms with Crippen LogP contribution < -0.4 is 5.32 Å². The lowest BCUT2D eigenvalue weighted by Gasteiger charge is -2.17. The second-order valence-electron chi connectivity index (χ2n) is 5.32. The molecular weight excluding hydrogens is 334 g/mol. The number of ether oxygens (including phenoxy) is 1. The molecule has 0 aliphatic carbocycles. The van der Waals surface area contributed by atoms with Gasteiger partial charge in [-0.05, 0) is 37.5 Å². The van der Waals surface area contributed by atoms with Gasteiger partial charge in [0, 0.05) is 26.3 Å². The van der Waals surface area contributed by atoms with Crippen molar-refractivity contribution in [2.24, 2.45) is 0 Å². The first-order chi connectivity index (χ1) is 11.7. The average molecular weight is 359 g/mol. The van der Waals surface area contributed by atoms with E-state index in [1.807, 2.05) is 0 Å². The number of rotatable bonds is 8. The predicted octanol–water partition coefficient (Wildman–Crippen LogP) is 0.691. The fourth-order valence-corrected chi connectivity index (χ4v) is 1.81. The molecular formula is C16H25NO8. The molecule has 0 bridgehead atoms. The number of carbonyl (C=O) groups is 2. The number of nitrogens with one attached hydrogen (secondary N) is 1. The van der Waals surface area contributed by atoms with E-state index >= 15 is 0 Å². The van der Waals surface area contributed by atoms with Crippen LogP contribution in [0.15, 0.2) is 18.2 Å². The Labute approximate surface area is 145 Å². The molecule has 1 rings (SSSR count). The summed E-state index contributed by atoms with van der Waals surface area (Å²) in [6, 6.07) is 4.62. The van der Waals surface area contributed by atoms with E-state index in [9.17, 15) is 15.3 Å². The minimum atomic E-state index is -1.82. The van der Waals surface area contributed by atoms with Crippen LogP contribution in [0, 0.1) is 0 Å². The Hall–Kier alpha value is -2.36. The second kappa shape index (κ2) is 12.1. The Balaban J connectivity index is 0.000000823. The van der Waals surface area contributed by atoms with E-state index < -0.39 is 18.0 Å². The Kier molecular flexibility index (Phi) is 10.9. The fraction of sp³-hybridized carbons (Fsp3) is 0.500. The molecule has 0 saturated heterocycles. The summed E-state index contributed by atoms with van der Waals surface area (Å²) in [5, 5.41) is 46.6. The predicted molar refractivity (Wildman–Crippen MR) is 88.6 cm³/mol. The third-order valence-corrected chi connectivity index (χ3v) is 3.21. The summed E-state index contributed by atoms with van der Waals surface area (Å²) in [4.78, 5) is 18.2. The molecule has 6 N–H and O–H groups in total. The van der Waals surface area contributed by atoms with Gasteiger partial charge >= 0.3 is 11.9 Å². The van der Waals surface area contributed by atoms with Gasteiger partial charge in [-0.2, -0.15) is 0 Å². The number of phenolic OH excluding ortho intramolecular Hbond substituents is 2. The largest absolute Gasteiger partial charge is 0.504 e. The number of hydrogen-bond donors (Lipinski definition) is 6. The highest BCUT2D eigenvalue weighted by Crippen LogP contribution is 2.27. The maximum atomic E-state index is 9.98. The first kappa shape index (κ1) is 22.6. The Morgan fingerprint density at radius 2 is 1.76 bits per heavy atom. The van der Waals surface area contributed by atoms with Gasteiger partial charge in [0.15, 0.2) is 11.5 Å². The summed E-state index contributed by atoms with van der Waals surface area (Å²) in [5.74, 6) is -4.05. The molecule has 0 aliphatic rings. The lowest BCUT2D eigenvalue weighted by Crippen LogP contribution is -2.30. The van der Waals surface area contributed by atoms with Crippen molar-refractivity contribution in [2.45, 2.75) is 31.9 Å². The number of aliphatic hydroxyl groups excluding tert-OH is 1. The molecule has 2 unspecified atom stereocenters. The molecule has 9 nitrogen and oxygen atoms in total. The molecule has 0 aliphatic heterocycles. The van der Waals surface area contributed by atoms with Gasteiger partial charge in [-0.15, -0.1) is 0 Å². The molecule has 0 heterocycles. The number of carboxylic acids is 2. The van der Waals surface area contributed by atoms with Gasteiger partial charge in [0.05, 0.1) is 6.10 Å². The number of hydrogen-bond acceptors (Lipinski definition) is 7. The Bertz CT molecular complexity index is 537. The number of aliphatic hydroxyl groups is 1. The van der Waals surface area contributed by atoms with Crippen LogP contribution in [-0.2, 0) is 14.3 Å². The number of methoxy groups -OCH3 is 1. The number of phenols is 2. The molecule has 9 heteroatoms. The van der Waals surface area contributed by atoms with E-state index in [2.05, 4.69) is 12.2 Å². The lowest BCUT2D eigenvalue weighted by molar-refractivity contribution is -0.159. The van der Waals surface area contributed by atoms with Gasteiger partial charge in [0.1, 0.15) is 0 Å². The average Bonchev–Trinajstić information content (AvgIpc) is 2.56. The van der Waals surface area contributed by atoms with Crippen molar-refractivity contribution in [3.05, 3.63) is 23.8 Å². The van der Waals surface area contributed by atoms with Crippen molar-refractivity contribution >= 4 is 11.9 Å². The zero-order valence-corrected chi connectivity index (χ0v) is 14.2. The second-order valence-corrected chi connectivity index (χ2v) is 5.32. The molecule has 142 valence electrons. The normalized spacial score (nSPS) is 12.6. The molecule has 1 aromatic rings. The first-order valence-electron chi connectivity index (χ1n) is 7.57. The van der Waals surface area contributed by atoms with E-state index in [0.717, 1.165) is 19.4 Å². The molecule has 0 saturated carbocycles. The van der Waals surface area contributed by atoms with Crippen molar-refractivity contribution in [2.75, 3.05) is 20.3 Å². The van der Waals surface area contributed by atoms with E-state index in [1.54, 1.807) is 13.2 Å². The minimum absolute atomic E-state index is 0.183. The third-order valence-electron chi connectivity index (χ3n) is 3.21. The van der Waals surface area contributed by atoms with Crippen LogP contribution in [0.5, 0.6) is 11.5 Å². The van der Waals surface area contributed by atoms with E-state index in [4.69, 9.17) is 24.5 Å². The molecule has 2 atom stereocenters. The molecule has 0 fully saturated rings. The van der Waals surface area contributed by atoms with Crippen molar-refractivity contribution < 1.29 is 39.9 Å². The Morgan fingerprint density at radius 3 is 2.24 bits per heavy atom. The molecule has 1 aromatic carbocycles. The Morgan fingerprint density at radius 1 is 1.16 bits per heavy atom. The fourth-order valence-electron chi connectivity index (χ4n) is 1.81. The van der Waals surface area contributed by atoms with Crippen molar-refractivity contribution in [1.82, 2.24) is 5.32 Å². The summed E-state index contributed by atoms with van der Waals surface area (Å²) in [5.41, 5.74) is 0.576. The highest BCUT2D eigenvalue weighted by Gasteiger charge is 2.11. The van der Waals surface area contributed by atoms with Crippen molar-refractivity contribution in [1.29, 1.82) is 0 Å². The topological polar surface area (TPSA) is 157 Å². The first-order valence-corrected chi connectivity index (χ1v) is 7.57. The maximum absolute atomic E-state index is 9.98. The van der Waals surface area contributed by atoms with E-state index in [-0.39, 0.29) is 17.5 Å². The van der Waals surface area contributed by atoms with Crippen molar-refractivity contribution in [3.63, 3.8) is 0 Å². The monoisotopic (exact) mass is 359 g/mol. The van der Waals surface area contributed by atoms with Crippen molar-refractivity contribution in [3.8, 4) is 11.5 Å². The zero-order valence-electron chi connectivity index (χ0n) is 14.2. The van der Waals surface area contributed by atoms with Crippen LogP contribution in [-0.4, -0.2) is 63.8 Å². The van der Waals surface area contributed by atoms with Crippen LogP contribution in [0.2, 0.25) is 0 Å². The number of aromatic hydroxyl groups is 2. The molecule has 25 heavy (non-hydrogen) atoms. The summed E-state index contributed by atoms with van der Waals surface area (Å²) < 4.78 is 4.98. The molecule has 0 radical (unpaired) electrons. The van der Waals surface area contributed by atoms with Gasteiger partial charge in [-0.25, -0.2) is 9.59 Å². The quantitative estimate of drug-likeness (QED) is 0.223. The summed E-state index contributed by atoms with van der Waals surface area (Å²) in [7, 11) is 1.68. The number of aliphatic carboxylic acids is 2. The highest BCUT2D eigenvalue weighted by molar-refractivity contribution is 6.27. The van der Waals surface area contributed by atoms with Crippen LogP contribution >= 0.6 is 0 Å². The van der Waals surface area contributed by atoms with E-state index in [0.29, 0.717) is 12.1 Å². The highest BCUT2D eigenvalue weighted by atomic mass is 16.5. The summed E-state index contributed by atoms with van der Waals surface area (Å²) >= 11 is 0. The van der Waals surface area contributed by atoms with Gasteiger partial charge < -0.3 is 35.6 Å². The third kappa shape index (κ3) is 10.2. The van der Waals surface area contributed by atoms with Crippen LogP contribution in [0.1, 0.15) is 31.4 Å². The molecule has 0 aromatic heterocycles. The molecule has 0 spiro atoms. The number of benzene rings is 1. The SMILES string of the molecule is COCCCC(C)NCC(O)c1ccc(O)c(O)c1.O=C(O)C(=O)O. The zero-order chi connectivity index (χ0) is 19.4. The maximum Gasteiger partial charge on any atom is 0.414 e. The minimum Gasteiger partial charge on any atom is -0.504 e. The summed E-state index contributed by atoms with van der Waals surface area (Å²) in [6.45, 7) is 3.19. The van der Waals surface area contributed by atoms with Crippen LogP contribution in [0.4, 0.5) is 0 Å². The smallest absolute Gasteiger partial charge is 0.414 e. The van der Waals surface area contributed by atoms with Gasteiger partial charge in [-0.1, -0.05) is 6.07 Å². The molecule has 0 amide bonds. The van der Waals surface area contributed by atoms with Gasteiger partial charge in [-0.3, -0.25) is 0 Å². The standard InChI is InChI=1S/C14H23NO4.C2H2O4/c1-10(4-3-7-19-2)15-9-14(18)11-5-6-12(16)13(17)8-11;3-1(4)2(5)6/h5-6,8,10,14-18H,3-4,7,9H2,1-2H3;(H,3,4)(H,5,6). The summed E-state index contributed by atoms with van der Waals surface area (Å²) in [6.07, 6.45) is 1.23. The van der Waals surface area contributed by atoms with Crippen LogP contribution in [0.3, 0.4) is 0 Å². The van der Waals surface area contributed by atoms with Gasteiger partial charge in [0.25, 0.3) is 0 Å².